The van der Waals surface area contributed by atoms with E-state index >= 15 is 0 Å². The van der Waals surface area contributed by atoms with Crippen molar-refractivity contribution >= 4 is 33.5 Å². The van der Waals surface area contributed by atoms with Crippen LogP contribution < -0.4 is 10.2 Å². The highest BCUT2D eigenvalue weighted by atomic mass is 32.2. The molecule has 0 radical (unpaired) electrons. The van der Waals surface area contributed by atoms with Gasteiger partial charge in [0.25, 0.3) is 0 Å². The number of carbonyl (C=O) groups is 1. The van der Waals surface area contributed by atoms with Gasteiger partial charge in [-0.3, -0.25) is 4.79 Å². The Kier molecular flexibility index (Phi) is 6.35. The minimum Gasteiger partial charge on any atom is -0.339 e. The molecule has 0 spiro atoms. The van der Waals surface area contributed by atoms with Gasteiger partial charge in [-0.25, -0.2) is 18.4 Å². The summed E-state index contributed by atoms with van der Waals surface area (Å²) in [4.78, 5) is 35.0. The molecule has 2 aromatic heterocycles. The number of aromatic nitrogens is 4. The van der Waals surface area contributed by atoms with Gasteiger partial charge in [-0.1, -0.05) is 19.3 Å². The van der Waals surface area contributed by atoms with Gasteiger partial charge < -0.3 is 20.1 Å². The van der Waals surface area contributed by atoms with Crippen molar-refractivity contribution in [1.82, 2.24) is 24.8 Å². The Morgan fingerprint density at radius 1 is 0.972 bits per heavy atom. The Bertz CT molecular complexity index is 1220. The van der Waals surface area contributed by atoms with Gasteiger partial charge >= 0.3 is 0 Å². The molecule has 6 rings (SSSR count). The van der Waals surface area contributed by atoms with E-state index in [-0.39, 0.29) is 36.5 Å². The van der Waals surface area contributed by atoms with E-state index in [1.165, 1.54) is 37.8 Å². The van der Waals surface area contributed by atoms with Crippen molar-refractivity contribution in [3.8, 4) is 0 Å². The van der Waals surface area contributed by atoms with Gasteiger partial charge in [-0.05, 0) is 44.9 Å². The van der Waals surface area contributed by atoms with E-state index in [2.05, 4.69) is 15.3 Å². The maximum Gasteiger partial charge on any atom is 0.245 e. The smallest absolute Gasteiger partial charge is 0.245 e. The molecule has 0 aromatic carbocycles. The highest BCUT2D eigenvalue weighted by Crippen LogP contribution is 2.35. The largest absolute Gasteiger partial charge is 0.339 e. The summed E-state index contributed by atoms with van der Waals surface area (Å²) in [5, 5.41) is 3.44. The SMILES string of the molecule is O=C([C@@H]1CCCN1c1nc2c(c(Nc3ncc(C4CCCCC4)[nH]3)n1)CCC2)N1CCS(=O)(=O)CC1. The molecule has 2 saturated heterocycles. The third-order valence-corrected chi connectivity index (χ3v) is 9.86. The summed E-state index contributed by atoms with van der Waals surface area (Å²) in [5.74, 6) is 2.69. The molecule has 0 unspecified atom stereocenters. The summed E-state index contributed by atoms with van der Waals surface area (Å²) in [7, 11) is -3.04. The van der Waals surface area contributed by atoms with E-state index in [4.69, 9.17) is 9.97 Å². The molecule has 2 aliphatic carbocycles. The maximum atomic E-state index is 13.4. The molecule has 0 bridgehead atoms. The molecule has 1 atom stereocenters. The minimum absolute atomic E-state index is 0.0100. The highest BCUT2D eigenvalue weighted by molar-refractivity contribution is 7.91. The molecule has 2 N–H and O–H groups in total. The van der Waals surface area contributed by atoms with Crippen LogP contribution in [0.4, 0.5) is 17.7 Å². The molecular weight excluding hydrogens is 478 g/mol. The van der Waals surface area contributed by atoms with Gasteiger partial charge in [-0.2, -0.15) is 4.98 Å². The molecule has 1 amide bonds. The Balaban J connectivity index is 1.23. The third-order valence-electron chi connectivity index (χ3n) is 8.25. The standard InChI is InChI=1S/C25H35N7O3S/c33-23(31-12-14-36(34,35)15-13-31)21-10-5-11-32(21)25-28-19-9-4-8-18(19)22(30-25)29-24-26-16-20(27-24)17-6-2-1-3-7-17/h16-17,21H,1-15H2,(H2,26,27,28,29,30)/t21-/m0/s1. The van der Waals surface area contributed by atoms with Crippen molar-refractivity contribution in [3.63, 3.8) is 0 Å². The average molecular weight is 514 g/mol. The molecule has 36 heavy (non-hydrogen) atoms. The van der Waals surface area contributed by atoms with Crippen molar-refractivity contribution in [1.29, 1.82) is 0 Å². The van der Waals surface area contributed by atoms with Crippen LogP contribution in [0.15, 0.2) is 6.20 Å². The van der Waals surface area contributed by atoms with Gasteiger partial charge in [0.2, 0.25) is 17.8 Å². The number of nitrogens with zero attached hydrogens (tertiary/aromatic N) is 5. The van der Waals surface area contributed by atoms with E-state index in [0.717, 1.165) is 49.2 Å². The molecule has 3 fully saturated rings. The number of aryl methyl sites for hydroxylation is 1. The van der Waals surface area contributed by atoms with Crippen molar-refractivity contribution in [3.05, 3.63) is 23.1 Å². The number of rotatable bonds is 5. The van der Waals surface area contributed by atoms with Crippen molar-refractivity contribution < 1.29 is 13.2 Å². The summed E-state index contributed by atoms with van der Waals surface area (Å²) in [5.41, 5.74) is 3.37. The third kappa shape index (κ3) is 4.69. The number of imidazole rings is 1. The maximum absolute atomic E-state index is 13.4. The number of anilines is 3. The first-order valence-electron chi connectivity index (χ1n) is 13.4. The van der Waals surface area contributed by atoms with Gasteiger partial charge in [0, 0.05) is 36.8 Å². The number of amides is 1. The van der Waals surface area contributed by atoms with Crippen molar-refractivity contribution in [2.45, 2.75) is 76.2 Å². The second-order valence-electron chi connectivity index (χ2n) is 10.6. The lowest BCUT2D eigenvalue weighted by atomic mass is 9.87. The number of hydrogen-bond donors (Lipinski definition) is 2. The molecule has 2 aliphatic heterocycles. The number of hydrogen-bond acceptors (Lipinski definition) is 8. The van der Waals surface area contributed by atoms with Crippen LogP contribution in [0, 0.1) is 0 Å². The predicted octanol–water partition coefficient (Wildman–Crippen LogP) is 2.71. The summed E-state index contributed by atoms with van der Waals surface area (Å²) in [6.45, 7) is 1.25. The minimum atomic E-state index is -3.04. The van der Waals surface area contributed by atoms with Gasteiger partial charge in [0.05, 0.1) is 23.4 Å². The van der Waals surface area contributed by atoms with Crippen LogP contribution >= 0.6 is 0 Å². The van der Waals surface area contributed by atoms with Crippen molar-refractivity contribution in [2.75, 3.05) is 41.4 Å². The second-order valence-corrected chi connectivity index (χ2v) is 12.9. The summed E-state index contributed by atoms with van der Waals surface area (Å²) in [6, 6.07) is -0.348. The lowest BCUT2D eigenvalue weighted by Crippen LogP contribution is -2.51. The first-order chi connectivity index (χ1) is 17.5. The quantitative estimate of drug-likeness (QED) is 0.625. The van der Waals surface area contributed by atoms with Crippen LogP contribution in [0.5, 0.6) is 0 Å². The van der Waals surface area contributed by atoms with E-state index in [9.17, 15) is 13.2 Å². The molecular formula is C25H35N7O3S. The number of carbonyl (C=O) groups excluding carboxylic acids is 1. The lowest BCUT2D eigenvalue weighted by molar-refractivity contribution is -0.132. The Hall–Kier alpha value is -2.69. The van der Waals surface area contributed by atoms with Gasteiger partial charge in [-0.15, -0.1) is 0 Å². The molecule has 2 aromatic rings. The highest BCUT2D eigenvalue weighted by Gasteiger charge is 2.38. The van der Waals surface area contributed by atoms with E-state index in [0.29, 0.717) is 24.4 Å². The summed E-state index contributed by atoms with van der Waals surface area (Å²) in [6.07, 6.45) is 12.7. The van der Waals surface area contributed by atoms with E-state index < -0.39 is 9.84 Å². The molecule has 10 nitrogen and oxygen atoms in total. The number of aromatic amines is 1. The number of sulfone groups is 1. The lowest BCUT2D eigenvalue weighted by Gasteiger charge is -2.32. The van der Waals surface area contributed by atoms with Crippen LogP contribution in [-0.2, 0) is 27.5 Å². The van der Waals surface area contributed by atoms with E-state index in [1.54, 1.807) is 4.90 Å². The van der Waals surface area contributed by atoms with Crippen LogP contribution in [0.1, 0.15) is 74.2 Å². The van der Waals surface area contributed by atoms with Crippen molar-refractivity contribution in [2.24, 2.45) is 0 Å². The predicted molar refractivity (Wildman–Crippen MR) is 137 cm³/mol. The van der Waals surface area contributed by atoms with Gasteiger partial charge in [0.15, 0.2) is 9.84 Å². The zero-order valence-corrected chi connectivity index (χ0v) is 21.5. The van der Waals surface area contributed by atoms with Crippen LogP contribution in [0.3, 0.4) is 0 Å². The molecule has 11 heteroatoms. The number of fused-ring (bicyclic) bond motifs is 1. The molecule has 4 heterocycles. The fourth-order valence-electron chi connectivity index (χ4n) is 6.19. The summed E-state index contributed by atoms with van der Waals surface area (Å²) < 4.78 is 23.7. The number of H-pyrrole nitrogens is 1. The Morgan fingerprint density at radius 3 is 2.58 bits per heavy atom. The second kappa shape index (κ2) is 9.64. The van der Waals surface area contributed by atoms with Crippen LogP contribution in [0.2, 0.25) is 0 Å². The molecule has 1 saturated carbocycles. The zero-order valence-electron chi connectivity index (χ0n) is 20.7. The first-order valence-corrected chi connectivity index (χ1v) is 15.3. The number of nitrogens with one attached hydrogen (secondary N) is 2. The zero-order chi connectivity index (χ0) is 24.7. The first kappa shape index (κ1) is 23.7. The summed E-state index contributed by atoms with van der Waals surface area (Å²) >= 11 is 0. The van der Waals surface area contributed by atoms with Crippen LogP contribution in [0.25, 0.3) is 0 Å². The monoisotopic (exact) mass is 513 g/mol. The average Bonchev–Trinajstić information content (AvgIpc) is 3.65. The van der Waals surface area contributed by atoms with Crippen LogP contribution in [-0.4, -0.2) is 76.3 Å². The fraction of sp³-hybridized carbons (Fsp3) is 0.680. The molecule has 4 aliphatic rings. The normalized spacial score (nSPS) is 24.2. The van der Waals surface area contributed by atoms with E-state index in [1.807, 2.05) is 11.1 Å². The fourth-order valence-corrected chi connectivity index (χ4v) is 7.39. The molecule has 194 valence electrons. The Morgan fingerprint density at radius 2 is 1.78 bits per heavy atom. The topological polar surface area (TPSA) is 124 Å². The van der Waals surface area contributed by atoms with Gasteiger partial charge in [0.1, 0.15) is 11.9 Å². The Labute approximate surface area is 212 Å².